The van der Waals surface area contributed by atoms with Gasteiger partial charge in [0.2, 0.25) is 0 Å². The van der Waals surface area contributed by atoms with Crippen molar-refractivity contribution in [2.45, 2.75) is 0 Å². The van der Waals surface area contributed by atoms with Gasteiger partial charge in [-0.3, -0.25) is 0 Å². The molecule has 0 unspecified atom stereocenters. The predicted octanol–water partition coefficient (Wildman–Crippen LogP) is 6.33. The minimum atomic E-state index is 0.476. The van der Waals surface area contributed by atoms with Crippen molar-refractivity contribution in [2.24, 2.45) is 0 Å². The van der Waals surface area contributed by atoms with Gasteiger partial charge in [-0.25, -0.2) is 4.98 Å². The Hall–Kier alpha value is -2.49. The molecule has 0 fully saturated rings. The number of imidazole rings is 1. The number of nitrogens with one attached hydrogen (secondary N) is 1. The molecule has 3 aromatic carbocycles. The van der Waals surface area contributed by atoms with Crippen molar-refractivity contribution in [3.05, 3.63) is 76.8 Å². The summed E-state index contributed by atoms with van der Waals surface area (Å²) in [5.74, 6) is 2.09. The lowest BCUT2D eigenvalue weighted by atomic mass is 10.2. The molecule has 0 saturated carbocycles. The van der Waals surface area contributed by atoms with Crippen LogP contribution in [-0.2, 0) is 0 Å². The first-order valence-electron chi connectivity index (χ1n) is 7.37. The maximum absolute atomic E-state index is 6.13. The summed E-state index contributed by atoms with van der Waals surface area (Å²) in [7, 11) is 0. The van der Waals surface area contributed by atoms with Crippen molar-refractivity contribution < 1.29 is 4.74 Å². The smallest absolute Gasteiger partial charge is 0.146 e. The van der Waals surface area contributed by atoms with Crippen molar-refractivity contribution in [1.29, 1.82) is 0 Å². The van der Waals surface area contributed by atoms with Gasteiger partial charge in [0.05, 0.1) is 16.1 Å². The first-order valence-corrected chi connectivity index (χ1v) is 8.13. The van der Waals surface area contributed by atoms with Gasteiger partial charge in [0.1, 0.15) is 17.3 Å². The normalized spacial score (nSPS) is 10.9. The molecule has 0 spiro atoms. The third kappa shape index (κ3) is 2.96. The topological polar surface area (TPSA) is 37.9 Å². The van der Waals surface area contributed by atoms with Crippen LogP contribution in [0.15, 0.2) is 66.7 Å². The SMILES string of the molecule is Clc1ccc(Oc2ccc(-c3nc4ccccc4[nH]3)cc2)c(Cl)c1. The van der Waals surface area contributed by atoms with Gasteiger partial charge < -0.3 is 9.72 Å². The summed E-state index contributed by atoms with van der Waals surface area (Å²) in [5.41, 5.74) is 2.95. The first-order chi connectivity index (χ1) is 11.7. The van der Waals surface area contributed by atoms with E-state index in [1.807, 2.05) is 48.5 Å². The molecule has 0 aliphatic rings. The van der Waals surface area contributed by atoms with E-state index in [9.17, 15) is 0 Å². The van der Waals surface area contributed by atoms with E-state index in [1.54, 1.807) is 18.2 Å². The van der Waals surface area contributed by atoms with Crippen LogP contribution >= 0.6 is 23.2 Å². The summed E-state index contributed by atoms with van der Waals surface area (Å²) in [6.07, 6.45) is 0. The highest BCUT2D eigenvalue weighted by molar-refractivity contribution is 6.35. The summed E-state index contributed by atoms with van der Waals surface area (Å²) in [4.78, 5) is 7.90. The van der Waals surface area contributed by atoms with Gasteiger partial charge in [0.15, 0.2) is 0 Å². The van der Waals surface area contributed by atoms with Crippen molar-refractivity contribution in [3.63, 3.8) is 0 Å². The zero-order valence-corrected chi connectivity index (χ0v) is 14.0. The first kappa shape index (κ1) is 15.1. The summed E-state index contributed by atoms with van der Waals surface area (Å²) in [6, 6.07) is 20.8. The molecular formula is C19H12Cl2N2O. The van der Waals surface area contributed by atoms with E-state index in [0.717, 1.165) is 22.4 Å². The molecule has 24 heavy (non-hydrogen) atoms. The van der Waals surface area contributed by atoms with Crippen LogP contribution in [-0.4, -0.2) is 9.97 Å². The molecule has 3 nitrogen and oxygen atoms in total. The Morgan fingerprint density at radius 1 is 0.875 bits per heavy atom. The number of hydrogen-bond acceptors (Lipinski definition) is 2. The van der Waals surface area contributed by atoms with Crippen LogP contribution in [0.25, 0.3) is 22.4 Å². The average Bonchev–Trinajstić information content (AvgIpc) is 3.02. The Bertz CT molecular complexity index is 976. The van der Waals surface area contributed by atoms with E-state index in [-0.39, 0.29) is 0 Å². The second kappa shape index (κ2) is 6.19. The lowest BCUT2D eigenvalue weighted by Gasteiger charge is -2.08. The number of hydrogen-bond donors (Lipinski definition) is 1. The number of benzene rings is 3. The third-order valence-corrected chi connectivity index (χ3v) is 4.17. The number of fused-ring (bicyclic) bond motifs is 1. The van der Waals surface area contributed by atoms with Crippen LogP contribution < -0.4 is 4.74 Å². The molecule has 0 aliphatic carbocycles. The molecule has 5 heteroatoms. The molecule has 0 radical (unpaired) electrons. The number of halogens is 2. The largest absolute Gasteiger partial charge is 0.456 e. The molecule has 0 saturated heterocycles. The molecule has 1 aromatic heterocycles. The lowest BCUT2D eigenvalue weighted by Crippen LogP contribution is -1.86. The van der Waals surface area contributed by atoms with E-state index >= 15 is 0 Å². The number of para-hydroxylation sites is 2. The highest BCUT2D eigenvalue weighted by Gasteiger charge is 2.07. The van der Waals surface area contributed by atoms with E-state index in [0.29, 0.717) is 21.5 Å². The lowest BCUT2D eigenvalue weighted by molar-refractivity contribution is 0.483. The Morgan fingerprint density at radius 2 is 1.67 bits per heavy atom. The maximum atomic E-state index is 6.13. The molecule has 4 rings (SSSR count). The van der Waals surface area contributed by atoms with Crippen LogP contribution in [0.4, 0.5) is 0 Å². The summed E-state index contributed by atoms with van der Waals surface area (Å²) >= 11 is 12.0. The van der Waals surface area contributed by atoms with E-state index < -0.39 is 0 Å². The summed E-state index contributed by atoms with van der Waals surface area (Å²) < 4.78 is 5.79. The van der Waals surface area contributed by atoms with Crippen molar-refractivity contribution in [3.8, 4) is 22.9 Å². The number of H-pyrrole nitrogens is 1. The Kier molecular flexibility index (Phi) is 3.89. The van der Waals surface area contributed by atoms with E-state index in [2.05, 4.69) is 9.97 Å². The van der Waals surface area contributed by atoms with Crippen molar-refractivity contribution >= 4 is 34.2 Å². The van der Waals surface area contributed by atoms with Crippen molar-refractivity contribution in [2.75, 3.05) is 0 Å². The molecule has 118 valence electrons. The van der Waals surface area contributed by atoms with Gasteiger partial charge in [-0.1, -0.05) is 35.3 Å². The number of rotatable bonds is 3. The van der Waals surface area contributed by atoms with Crippen LogP contribution in [0.1, 0.15) is 0 Å². The highest BCUT2D eigenvalue weighted by atomic mass is 35.5. The number of aromatic nitrogens is 2. The monoisotopic (exact) mass is 354 g/mol. The van der Waals surface area contributed by atoms with Crippen LogP contribution in [0.2, 0.25) is 10.0 Å². The zero-order chi connectivity index (χ0) is 16.5. The fourth-order valence-corrected chi connectivity index (χ4v) is 2.90. The van der Waals surface area contributed by atoms with E-state index in [4.69, 9.17) is 27.9 Å². The number of nitrogens with zero attached hydrogens (tertiary/aromatic N) is 1. The molecule has 0 amide bonds. The van der Waals surface area contributed by atoms with Gasteiger partial charge in [-0.2, -0.15) is 0 Å². The average molecular weight is 355 g/mol. The summed E-state index contributed by atoms with van der Waals surface area (Å²) in [6.45, 7) is 0. The highest BCUT2D eigenvalue weighted by Crippen LogP contribution is 2.32. The maximum Gasteiger partial charge on any atom is 0.146 e. The Balaban J connectivity index is 1.60. The Morgan fingerprint density at radius 3 is 2.42 bits per heavy atom. The Labute approximate surface area is 148 Å². The van der Waals surface area contributed by atoms with Crippen LogP contribution in [0.3, 0.4) is 0 Å². The fourth-order valence-electron chi connectivity index (χ4n) is 2.46. The molecular weight excluding hydrogens is 343 g/mol. The molecule has 4 aromatic rings. The quantitative estimate of drug-likeness (QED) is 0.466. The fraction of sp³-hybridized carbons (Fsp3) is 0. The molecule has 0 bridgehead atoms. The minimum Gasteiger partial charge on any atom is -0.456 e. The second-order valence-electron chi connectivity index (χ2n) is 5.30. The van der Waals surface area contributed by atoms with Gasteiger partial charge in [-0.05, 0) is 54.6 Å². The van der Waals surface area contributed by atoms with Crippen LogP contribution in [0.5, 0.6) is 11.5 Å². The zero-order valence-electron chi connectivity index (χ0n) is 12.5. The molecule has 0 aliphatic heterocycles. The predicted molar refractivity (Wildman–Crippen MR) is 98.1 cm³/mol. The van der Waals surface area contributed by atoms with Gasteiger partial charge in [0.25, 0.3) is 0 Å². The summed E-state index contributed by atoms with van der Waals surface area (Å²) in [5, 5.41) is 1.05. The molecule has 0 atom stereocenters. The number of ether oxygens (including phenoxy) is 1. The standard InChI is InChI=1S/C19H12Cl2N2O/c20-13-7-10-18(15(21)11-13)24-14-8-5-12(6-9-14)19-22-16-3-1-2-4-17(16)23-19/h1-11H,(H,22,23). The molecule has 1 N–H and O–H groups in total. The van der Waals surface area contributed by atoms with Gasteiger partial charge >= 0.3 is 0 Å². The van der Waals surface area contributed by atoms with Crippen molar-refractivity contribution in [1.82, 2.24) is 9.97 Å². The minimum absolute atomic E-state index is 0.476. The third-order valence-electron chi connectivity index (χ3n) is 3.64. The van der Waals surface area contributed by atoms with Crippen LogP contribution in [0, 0.1) is 0 Å². The molecule has 1 heterocycles. The van der Waals surface area contributed by atoms with E-state index in [1.165, 1.54) is 0 Å². The second-order valence-corrected chi connectivity index (χ2v) is 6.15. The number of aromatic amines is 1. The van der Waals surface area contributed by atoms with Gasteiger partial charge in [-0.15, -0.1) is 0 Å². The van der Waals surface area contributed by atoms with Gasteiger partial charge in [0, 0.05) is 10.6 Å².